The van der Waals surface area contributed by atoms with Gasteiger partial charge in [0.2, 0.25) is 5.91 Å². The van der Waals surface area contributed by atoms with Crippen LogP contribution in [-0.2, 0) is 16.1 Å². The molecule has 4 rings (SSSR count). The standard InChI is InChI=1S/C22H23ClN4O3/c23-17-6-4-16(5-7-17)22-18(27-10-2-1-3-19(27)24-22)15-25-11-13-26(14-12-25)20(28)8-9-21(29)30/h1-7,10H,8-9,11-15H2,(H,29,30). The molecule has 30 heavy (non-hydrogen) atoms. The van der Waals surface area contributed by atoms with Crippen LogP contribution in [0.15, 0.2) is 48.7 Å². The molecular formula is C22H23ClN4O3. The molecule has 3 aromatic rings. The lowest BCUT2D eigenvalue weighted by Gasteiger charge is -2.34. The molecule has 3 heterocycles. The third-order valence-corrected chi connectivity index (χ3v) is 5.65. The third kappa shape index (κ3) is 4.47. The molecule has 1 fully saturated rings. The molecule has 1 aromatic carbocycles. The van der Waals surface area contributed by atoms with Crippen LogP contribution in [0, 0.1) is 0 Å². The molecule has 8 heteroatoms. The highest BCUT2D eigenvalue weighted by Crippen LogP contribution is 2.27. The van der Waals surface area contributed by atoms with Gasteiger partial charge >= 0.3 is 5.97 Å². The zero-order valence-electron chi connectivity index (χ0n) is 16.5. The fourth-order valence-electron chi connectivity index (χ4n) is 3.78. The number of carboxylic acids is 1. The number of benzene rings is 1. The Morgan fingerprint density at radius 2 is 1.73 bits per heavy atom. The fraction of sp³-hybridized carbons (Fsp3) is 0.318. The summed E-state index contributed by atoms with van der Waals surface area (Å²) in [6.45, 7) is 3.38. The van der Waals surface area contributed by atoms with Crippen molar-refractivity contribution in [3.05, 3.63) is 59.4 Å². The smallest absolute Gasteiger partial charge is 0.303 e. The van der Waals surface area contributed by atoms with Crippen molar-refractivity contribution >= 4 is 29.1 Å². The molecule has 0 atom stereocenters. The van der Waals surface area contributed by atoms with Gasteiger partial charge in [0.1, 0.15) is 5.65 Å². The van der Waals surface area contributed by atoms with Gasteiger partial charge in [-0.15, -0.1) is 0 Å². The molecule has 156 valence electrons. The number of nitrogens with zero attached hydrogens (tertiary/aromatic N) is 4. The van der Waals surface area contributed by atoms with Crippen molar-refractivity contribution in [2.24, 2.45) is 0 Å². The first-order chi connectivity index (χ1) is 14.5. The van der Waals surface area contributed by atoms with Crippen molar-refractivity contribution in [2.75, 3.05) is 26.2 Å². The Kier molecular flexibility index (Phi) is 6.01. The van der Waals surface area contributed by atoms with Crippen LogP contribution < -0.4 is 0 Å². The minimum Gasteiger partial charge on any atom is -0.481 e. The van der Waals surface area contributed by atoms with Crippen LogP contribution >= 0.6 is 11.6 Å². The fourth-order valence-corrected chi connectivity index (χ4v) is 3.90. The summed E-state index contributed by atoms with van der Waals surface area (Å²) in [7, 11) is 0. The van der Waals surface area contributed by atoms with Crippen molar-refractivity contribution in [3.63, 3.8) is 0 Å². The Hall–Kier alpha value is -2.90. The van der Waals surface area contributed by atoms with E-state index in [-0.39, 0.29) is 18.7 Å². The number of pyridine rings is 1. The molecule has 0 aliphatic carbocycles. The zero-order chi connectivity index (χ0) is 21.1. The normalized spacial score (nSPS) is 14.9. The lowest BCUT2D eigenvalue weighted by atomic mass is 10.1. The van der Waals surface area contributed by atoms with Crippen LogP contribution in [0.4, 0.5) is 0 Å². The first kappa shape index (κ1) is 20.4. The van der Waals surface area contributed by atoms with Gasteiger partial charge in [-0.2, -0.15) is 0 Å². The molecule has 1 amide bonds. The molecule has 1 aliphatic rings. The van der Waals surface area contributed by atoms with Crippen molar-refractivity contribution < 1.29 is 14.7 Å². The SMILES string of the molecule is O=C(O)CCC(=O)N1CCN(Cc2c(-c3ccc(Cl)cc3)nc3ccccn23)CC1. The number of carboxylic acid groups (broad SMARTS) is 1. The van der Waals surface area contributed by atoms with Gasteiger partial charge in [-0.1, -0.05) is 29.8 Å². The molecule has 0 bridgehead atoms. The van der Waals surface area contributed by atoms with Gasteiger partial charge in [-0.3, -0.25) is 14.5 Å². The van der Waals surface area contributed by atoms with Crippen LogP contribution in [0.2, 0.25) is 5.02 Å². The Morgan fingerprint density at radius 1 is 1.00 bits per heavy atom. The molecule has 0 radical (unpaired) electrons. The minimum atomic E-state index is -0.940. The van der Waals surface area contributed by atoms with E-state index < -0.39 is 5.97 Å². The molecule has 2 aromatic heterocycles. The van der Waals surface area contributed by atoms with Crippen molar-refractivity contribution in [3.8, 4) is 11.3 Å². The Labute approximate surface area is 179 Å². The maximum absolute atomic E-state index is 12.2. The number of hydrogen-bond acceptors (Lipinski definition) is 4. The second-order valence-electron chi connectivity index (χ2n) is 7.39. The average Bonchev–Trinajstić information content (AvgIpc) is 3.11. The Morgan fingerprint density at radius 3 is 2.43 bits per heavy atom. The van der Waals surface area contributed by atoms with Gasteiger partial charge in [-0.25, -0.2) is 4.98 Å². The summed E-state index contributed by atoms with van der Waals surface area (Å²) < 4.78 is 2.11. The number of fused-ring (bicyclic) bond motifs is 1. The average molecular weight is 427 g/mol. The second kappa shape index (κ2) is 8.85. The molecular weight excluding hydrogens is 404 g/mol. The van der Waals surface area contributed by atoms with E-state index in [0.717, 1.165) is 35.7 Å². The Balaban J connectivity index is 1.50. The van der Waals surface area contributed by atoms with E-state index in [0.29, 0.717) is 24.7 Å². The minimum absolute atomic E-state index is 0.0588. The van der Waals surface area contributed by atoms with E-state index in [4.69, 9.17) is 21.7 Å². The van der Waals surface area contributed by atoms with Gasteiger partial charge < -0.3 is 14.4 Å². The lowest BCUT2D eigenvalue weighted by molar-refractivity contribution is -0.141. The number of amides is 1. The predicted octanol–water partition coefficient (Wildman–Crippen LogP) is 3.16. The summed E-state index contributed by atoms with van der Waals surface area (Å²) in [5.41, 5.74) is 3.93. The number of carbonyl (C=O) groups excluding carboxylic acids is 1. The molecule has 0 unspecified atom stereocenters. The summed E-state index contributed by atoms with van der Waals surface area (Å²) in [6, 6.07) is 13.6. The van der Waals surface area contributed by atoms with Gasteiger partial charge in [0.25, 0.3) is 0 Å². The highest BCUT2D eigenvalue weighted by Gasteiger charge is 2.23. The highest BCUT2D eigenvalue weighted by atomic mass is 35.5. The lowest BCUT2D eigenvalue weighted by Crippen LogP contribution is -2.48. The van der Waals surface area contributed by atoms with Gasteiger partial charge in [0, 0.05) is 55.9 Å². The summed E-state index contributed by atoms with van der Waals surface area (Å²) >= 11 is 6.05. The molecule has 0 saturated carbocycles. The van der Waals surface area contributed by atoms with Crippen LogP contribution in [0.1, 0.15) is 18.5 Å². The molecule has 1 aliphatic heterocycles. The molecule has 7 nitrogen and oxygen atoms in total. The van der Waals surface area contributed by atoms with E-state index in [1.807, 2.05) is 48.7 Å². The quantitative estimate of drug-likeness (QED) is 0.655. The van der Waals surface area contributed by atoms with Crippen LogP contribution in [0.3, 0.4) is 0 Å². The van der Waals surface area contributed by atoms with Gasteiger partial charge in [-0.05, 0) is 24.3 Å². The maximum Gasteiger partial charge on any atom is 0.303 e. The number of halogens is 1. The topological polar surface area (TPSA) is 78.2 Å². The van der Waals surface area contributed by atoms with Crippen molar-refractivity contribution in [1.29, 1.82) is 0 Å². The van der Waals surface area contributed by atoms with E-state index in [2.05, 4.69) is 9.30 Å². The Bertz CT molecular complexity index is 1060. The van der Waals surface area contributed by atoms with Crippen molar-refractivity contribution in [2.45, 2.75) is 19.4 Å². The first-order valence-electron chi connectivity index (χ1n) is 9.95. The van der Waals surface area contributed by atoms with E-state index in [9.17, 15) is 9.59 Å². The monoisotopic (exact) mass is 426 g/mol. The molecule has 0 spiro atoms. The van der Waals surface area contributed by atoms with E-state index in [1.54, 1.807) is 4.90 Å². The summed E-state index contributed by atoms with van der Waals surface area (Å²) in [5, 5.41) is 9.46. The summed E-state index contributed by atoms with van der Waals surface area (Å²) in [6.07, 6.45) is 1.96. The van der Waals surface area contributed by atoms with E-state index in [1.165, 1.54) is 0 Å². The third-order valence-electron chi connectivity index (χ3n) is 5.40. The second-order valence-corrected chi connectivity index (χ2v) is 7.83. The predicted molar refractivity (Wildman–Crippen MR) is 114 cm³/mol. The number of carbonyl (C=O) groups is 2. The maximum atomic E-state index is 12.2. The number of imidazole rings is 1. The van der Waals surface area contributed by atoms with Crippen LogP contribution in [-0.4, -0.2) is 62.3 Å². The van der Waals surface area contributed by atoms with E-state index >= 15 is 0 Å². The first-order valence-corrected chi connectivity index (χ1v) is 10.3. The van der Waals surface area contributed by atoms with Gasteiger partial charge in [0.15, 0.2) is 0 Å². The number of piperazine rings is 1. The number of aliphatic carboxylic acids is 1. The summed E-state index contributed by atoms with van der Waals surface area (Å²) in [4.78, 5) is 31.8. The number of hydrogen-bond donors (Lipinski definition) is 1. The van der Waals surface area contributed by atoms with Crippen LogP contribution in [0.25, 0.3) is 16.9 Å². The number of rotatable bonds is 6. The molecule has 1 saturated heterocycles. The van der Waals surface area contributed by atoms with Crippen LogP contribution in [0.5, 0.6) is 0 Å². The van der Waals surface area contributed by atoms with Gasteiger partial charge in [0.05, 0.1) is 17.8 Å². The molecule has 1 N–H and O–H groups in total. The largest absolute Gasteiger partial charge is 0.481 e. The van der Waals surface area contributed by atoms with Crippen molar-refractivity contribution in [1.82, 2.24) is 19.2 Å². The summed E-state index contributed by atoms with van der Waals surface area (Å²) in [5.74, 6) is -1.03. The number of aromatic nitrogens is 2. The zero-order valence-corrected chi connectivity index (χ0v) is 17.3. The highest BCUT2D eigenvalue weighted by molar-refractivity contribution is 6.30.